The molecule has 0 spiro atoms. The molecule has 1 fully saturated rings. The van der Waals surface area contributed by atoms with E-state index < -0.39 is 5.91 Å². The number of fused-ring (bicyclic) bond motifs is 1. The highest BCUT2D eigenvalue weighted by atomic mass is 16.5. The number of nitrogens with one attached hydrogen (secondary N) is 1. The van der Waals surface area contributed by atoms with Crippen molar-refractivity contribution in [3.63, 3.8) is 0 Å². The van der Waals surface area contributed by atoms with E-state index in [9.17, 15) is 9.59 Å². The molecule has 0 atom stereocenters. The van der Waals surface area contributed by atoms with Gasteiger partial charge >= 0.3 is 0 Å². The van der Waals surface area contributed by atoms with Crippen molar-refractivity contribution in [1.82, 2.24) is 14.3 Å². The molecule has 28 heavy (non-hydrogen) atoms. The van der Waals surface area contributed by atoms with Crippen molar-refractivity contribution in [3.05, 3.63) is 60.2 Å². The number of carbonyl (C=O) groups is 2. The summed E-state index contributed by atoms with van der Waals surface area (Å²) in [7, 11) is 1.54. The third-order valence-corrected chi connectivity index (χ3v) is 4.61. The van der Waals surface area contributed by atoms with Crippen molar-refractivity contribution in [2.24, 2.45) is 0 Å². The van der Waals surface area contributed by atoms with Crippen LogP contribution < -0.4 is 10.1 Å². The van der Waals surface area contributed by atoms with E-state index in [4.69, 9.17) is 9.47 Å². The quantitative estimate of drug-likeness (QED) is 0.749. The largest absolute Gasteiger partial charge is 0.495 e. The molecule has 8 nitrogen and oxygen atoms in total. The zero-order valence-corrected chi connectivity index (χ0v) is 15.4. The van der Waals surface area contributed by atoms with E-state index >= 15 is 0 Å². The fourth-order valence-corrected chi connectivity index (χ4v) is 3.19. The van der Waals surface area contributed by atoms with Crippen molar-refractivity contribution in [2.75, 3.05) is 38.7 Å². The number of hydrogen-bond acceptors (Lipinski definition) is 5. The molecule has 2 aromatic heterocycles. The van der Waals surface area contributed by atoms with E-state index in [0.717, 1.165) is 0 Å². The van der Waals surface area contributed by atoms with Crippen LogP contribution in [0.3, 0.4) is 0 Å². The van der Waals surface area contributed by atoms with Gasteiger partial charge in [-0.2, -0.15) is 0 Å². The van der Waals surface area contributed by atoms with Crippen LogP contribution in [0.1, 0.15) is 21.1 Å². The predicted octanol–water partition coefficient (Wildman–Crippen LogP) is 2.07. The molecule has 1 N–H and O–H groups in total. The number of amides is 2. The third-order valence-electron chi connectivity index (χ3n) is 4.61. The second kappa shape index (κ2) is 7.69. The van der Waals surface area contributed by atoms with Crippen LogP contribution in [0.2, 0.25) is 0 Å². The Kier molecular flexibility index (Phi) is 4.94. The van der Waals surface area contributed by atoms with Crippen molar-refractivity contribution in [1.29, 1.82) is 0 Å². The fourth-order valence-electron chi connectivity index (χ4n) is 3.19. The summed E-state index contributed by atoms with van der Waals surface area (Å²) in [6.07, 6.45) is 1.73. The van der Waals surface area contributed by atoms with Crippen LogP contribution in [-0.2, 0) is 4.74 Å². The molecule has 0 saturated carbocycles. The first-order chi connectivity index (χ1) is 13.7. The SMILES string of the molecule is COc1ccccc1NC(=O)c1nc(C(=O)N2CCOCC2)n2ccccc12. The van der Waals surface area contributed by atoms with Crippen LogP contribution in [0.25, 0.3) is 5.52 Å². The topological polar surface area (TPSA) is 85.2 Å². The smallest absolute Gasteiger partial charge is 0.290 e. The molecule has 8 heteroatoms. The van der Waals surface area contributed by atoms with Gasteiger partial charge in [0, 0.05) is 19.3 Å². The summed E-state index contributed by atoms with van der Waals surface area (Å²) >= 11 is 0. The Balaban J connectivity index is 1.69. The highest BCUT2D eigenvalue weighted by Crippen LogP contribution is 2.24. The molecule has 1 aromatic carbocycles. The van der Waals surface area contributed by atoms with E-state index in [1.807, 2.05) is 6.07 Å². The fraction of sp³-hybridized carbons (Fsp3) is 0.250. The highest BCUT2D eigenvalue weighted by Gasteiger charge is 2.26. The first-order valence-corrected chi connectivity index (χ1v) is 8.97. The Bertz CT molecular complexity index is 1020. The number of benzene rings is 1. The van der Waals surface area contributed by atoms with Gasteiger partial charge in [0.2, 0.25) is 5.82 Å². The molecule has 1 aliphatic rings. The lowest BCUT2D eigenvalue weighted by atomic mass is 10.2. The van der Waals surface area contributed by atoms with Gasteiger partial charge < -0.3 is 19.7 Å². The number of anilines is 1. The first kappa shape index (κ1) is 18.0. The number of carbonyl (C=O) groups excluding carboxylic acids is 2. The molecule has 0 aliphatic carbocycles. The maximum Gasteiger partial charge on any atom is 0.290 e. The van der Waals surface area contributed by atoms with Gasteiger partial charge in [-0.05, 0) is 24.3 Å². The van der Waals surface area contributed by atoms with Crippen molar-refractivity contribution < 1.29 is 19.1 Å². The number of hydrogen-bond donors (Lipinski definition) is 1. The minimum atomic E-state index is -0.408. The molecule has 0 radical (unpaired) electrons. The predicted molar refractivity (Wildman–Crippen MR) is 103 cm³/mol. The average molecular weight is 380 g/mol. The Morgan fingerprint density at radius 3 is 2.64 bits per heavy atom. The van der Waals surface area contributed by atoms with Crippen molar-refractivity contribution in [2.45, 2.75) is 0 Å². The van der Waals surface area contributed by atoms with Crippen molar-refractivity contribution >= 4 is 23.0 Å². The van der Waals surface area contributed by atoms with Gasteiger partial charge in [0.15, 0.2) is 5.69 Å². The second-order valence-corrected chi connectivity index (χ2v) is 6.30. The van der Waals surface area contributed by atoms with E-state index in [1.54, 1.807) is 51.9 Å². The number of morpholine rings is 1. The lowest BCUT2D eigenvalue weighted by Gasteiger charge is -2.26. The van der Waals surface area contributed by atoms with Gasteiger partial charge in [0.25, 0.3) is 11.8 Å². The van der Waals surface area contributed by atoms with Crippen LogP contribution in [0.15, 0.2) is 48.7 Å². The summed E-state index contributed by atoms with van der Waals surface area (Å²) in [5.41, 5.74) is 1.28. The number of methoxy groups -OCH3 is 1. The average Bonchev–Trinajstić information content (AvgIpc) is 3.14. The van der Waals surface area contributed by atoms with E-state index in [2.05, 4.69) is 10.3 Å². The van der Waals surface area contributed by atoms with E-state index in [-0.39, 0.29) is 17.4 Å². The maximum atomic E-state index is 12.9. The Morgan fingerprint density at radius 1 is 1.11 bits per heavy atom. The molecule has 2 amide bonds. The summed E-state index contributed by atoms with van der Waals surface area (Å²) in [6.45, 7) is 2.00. The molecule has 1 saturated heterocycles. The molecule has 3 aromatic rings. The Labute approximate surface area is 161 Å². The minimum absolute atomic E-state index is 0.183. The second-order valence-electron chi connectivity index (χ2n) is 6.30. The molecule has 1 aliphatic heterocycles. The van der Waals surface area contributed by atoms with Gasteiger partial charge in [-0.15, -0.1) is 0 Å². The van der Waals surface area contributed by atoms with Crippen LogP contribution in [0.4, 0.5) is 5.69 Å². The lowest BCUT2D eigenvalue weighted by molar-refractivity contribution is 0.0294. The molecule has 144 valence electrons. The zero-order chi connectivity index (χ0) is 19.5. The summed E-state index contributed by atoms with van der Waals surface area (Å²) < 4.78 is 12.2. The summed E-state index contributed by atoms with van der Waals surface area (Å²) in [4.78, 5) is 31.9. The van der Waals surface area contributed by atoms with E-state index in [0.29, 0.717) is 43.3 Å². The summed E-state index contributed by atoms with van der Waals surface area (Å²) in [5.74, 6) is 0.127. The van der Waals surface area contributed by atoms with Gasteiger partial charge in [0.1, 0.15) is 5.75 Å². The zero-order valence-electron chi connectivity index (χ0n) is 15.4. The van der Waals surface area contributed by atoms with E-state index in [1.165, 1.54) is 7.11 Å². The van der Waals surface area contributed by atoms with Crippen LogP contribution in [-0.4, -0.2) is 59.5 Å². The van der Waals surface area contributed by atoms with Gasteiger partial charge in [-0.3, -0.25) is 14.0 Å². The monoisotopic (exact) mass is 380 g/mol. The minimum Gasteiger partial charge on any atom is -0.495 e. The normalized spacial score (nSPS) is 14.1. The maximum absolute atomic E-state index is 12.9. The summed E-state index contributed by atoms with van der Waals surface area (Å²) in [6, 6.07) is 12.5. The molecule has 3 heterocycles. The summed E-state index contributed by atoms with van der Waals surface area (Å²) in [5, 5.41) is 2.82. The Morgan fingerprint density at radius 2 is 1.86 bits per heavy atom. The van der Waals surface area contributed by atoms with Crippen LogP contribution in [0.5, 0.6) is 5.75 Å². The first-order valence-electron chi connectivity index (χ1n) is 8.97. The molecule has 0 bridgehead atoms. The van der Waals surface area contributed by atoms with Crippen LogP contribution >= 0.6 is 0 Å². The lowest BCUT2D eigenvalue weighted by Crippen LogP contribution is -2.41. The number of ether oxygens (including phenoxy) is 2. The number of aromatic nitrogens is 2. The molecular weight excluding hydrogens is 360 g/mol. The standard InChI is InChI=1S/C20H20N4O4/c1-27-16-8-3-2-6-14(16)21-19(25)17-15-7-4-5-9-24(15)18(22-17)20(26)23-10-12-28-13-11-23/h2-9H,10-13H2,1H3,(H,21,25). The number of pyridine rings is 1. The number of nitrogens with zero attached hydrogens (tertiary/aromatic N) is 3. The Hall–Kier alpha value is -3.39. The van der Waals surface area contributed by atoms with Gasteiger partial charge in [0.05, 0.1) is 31.5 Å². The number of imidazole rings is 1. The van der Waals surface area contributed by atoms with Gasteiger partial charge in [-0.25, -0.2) is 4.98 Å². The molecular formula is C20H20N4O4. The number of rotatable bonds is 4. The van der Waals surface area contributed by atoms with Crippen LogP contribution in [0, 0.1) is 0 Å². The number of para-hydroxylation sites is 2. The molecule has 0 unspecified atom stereocenters. The highest BCUT2D eigenvalue weighted by molar-refractivity contribution is 6.09. The van der Waals surface area contributed by atoms with Gasteiger partial charge in [-0.1, -0.05) is 18.2 Å². The van der Waals surface area contributed by atoms with Crippen molar-refractivity contribution in [3.8, 4) is 5.75 Å². The third kappa shape index (κ3) is 3.29. The molecule has 4 rings (SSSR count).